The van der Waals surface area contributed by atoms with E-state index < -0.39 is 0 Å². The Morgan fingerprint density at radius 3 is 2.50 bits per heavy atom. The molecular formula is C14H18N2OS. The number of nitrogens with two attached hydrogens (primary N) is 1. The number of carbonyl (C=O) groups is 1. The Balaban J connectivity index is 2.04. The van der Waals surface area contributed by atoms with Gasteiger partial charge in [0.25, 0.3) is 5.91 Å². The van der Waals surface area contributed by atoms with Gasteiger partial charge in [-0.1, -0.05) is 30.4 Å². The van der Waals surface area contributed by atoms with Crippen LogP contribution >= 0.6 is 12.2 Å². The summed E-state index contributed by atoms with van der Waals surface area (Å²) in [6.45, 7) is 3.46. The highest BCUT2D eigenvalue weighted by Crippen LogP contribution is 2.20. The van der Waals surface area contributed by atoms with E-state index >= 15 is 0 Å². The van der Waals surface area contributed by atoms with Crippen LogP contribution in [0.1, 0.15) is 28.8 Å². The van der Waals surface area contributed by atoms with E-state index in [-0.39, 0.29) is 5.91 Å². The summed E-state index contributed by atoms with van der Waals surface area (Å²) in [4.78, 5) is 14.8. The maximum atomic E-state index is 12.4. The minimum Gasteiger partial charge on any atom is -0.393 e. The Morgan fingerprint density at radius 1 is 1.33 bits per heavy atom. The Hall–Kier alpha value is -1.42. The molecule has 4 heteroatoms. The van der Waals surface area contributed by atoms with Crippen LogP contribution in [0.25, 0.3) is 0 Å². The fourth-order valence-electron chi connectivity index (χ4n) is 2.35. The van der Waals surface area contributed by atoms with E-state index in [2.05, 4.69) is 0 Å². The van der Waals surface area contributed by atoms with Gasteiger partial charge in [-0.3, -0.25) is 4.79 Å². The number of carbonyl (C=O) groups excluding carboxylic acids is 1. The first-order valence-corrected chi connectivity index (χ1v) is 6.64. The van der Waals surface area contributed by atoms with Crippen molar-refractivity contribution in [3.8, 4) is 0 Å². The zero-order valence-electron chi connectivity index (χ0n) is 10.6. The molecule has 0 radical (unpaired) electrons. The smallest absolute Gasteiger partial charge is 0.254 e. The number of hydrogen-bond donors (Lipinski definition) is 1. The Morgan fingerprint density at radius 2 is 1.94 bits per heavy atom. The lowest BCUT2D eigenvalue weighted by Gasteiger charge is -2.31. The molecule has 0 unspecified atom stereocenters. The lowest BCUT2D eigenvalue weighted by molar-refractivity contribution is 0.0709. The summed E-state index contributed by atoms with van der Waals surface area (Å²) in [6, 6.07) is 7.71. The molecule has 3 nitrogen and oxygen atoms in total. The standard InChI is InChI=1S/C14H18N2OS/c1-10-4-2-3-5-12(10)14(17)16-8-6-11(7-9-16)13(15)18/h2-5,11H,6-9H2,1H3,(H2,15,18). The first kappa shape index (κ1) is 13.0. The quantitative estimate of drug-likeness (QED) is 0.831. The number of nitrogens with zero attached hydrogens (tertiary/aromatic N) is 1. The van der Waals surface area contributed by atoms with Gasteiger partial charge in [0.05, 0.1) is 4.99 Å². The first-order valence-electron chi connectivity index (χ1n) is 6.24. The van der Waals surface area contributed by atoms with E-state index in [4.69, 9.17) is 18.0 Å². The SMILES string of the molecule is Cc1ccccc1C(=O)N1CCC(C(N)=S)CC1. The van der Waals surface area contributed by atoms with E-state index in [0.29, 0.717) is 10.9 Å². The molecule has 2 N–H and O–H groups in total. The number of aryl methyl sites for hydroxylation is 1. The third kappa shape index (κ3) is 2.70. The van der Waals surface area contributed by atoms with Crippen molar-refractivity contribution >= 4 is 23.1 Å². The van der Waals surface area contributed by atoms with Crippen LogP contribution in [-0.2, 0) is 0 Å². The summed E-state index contributed by atoms with van der Waals surface area (Å²) in [6.07, 6.45) is 1.76. The van der Waals surface area contributed by atoms with Crippen LogP contribution in [0, 0.1) is 12.8 Å². The van der Waals surface area contributed by atoms with Crippen LogP contribution < -0.4 is 5.73 Å². The van der Waals surface area contributed by atoms with Crippen molar-refractivity contribution in [3.05, 3.63) is 35.4 Å². The van der Waals surface area contributed by atoms with Gasteiger partial charge in [-0.25, -0.2) is 0 Å². The van der Waals surface area contributed by atoms with Crippen molar-refractivity contribution in [1.82, 2.24) is 4.90 Å². The van der Waals surface area contributed by atoms with Gasteiger partial charge in [-0.2, -0.15) is 0 Å². The fourth-order valence-corrected chi connectivity index (χ4v) is 2.59. The molecule has 1 aliphatic rings. The molecule has 1 heterocycles. The zero-order valence-corrected chi connectivity index (χ0v) is 11.4. The van der Waals surface area contributed by atoms with Crippen molar-refractivity contribution in [2.75, 3.05) is 13.1 Å². The Labute approximate surface area is 113 Å². The Kier molecular flexibility index (Phi) is 3.97. The fraction of sp³-hybridized carbons (Fsp3) is 0.429. The highest BCUT2D eigenvalue weighted by atomic mass is 32.1. The molecule has 0 aromatic heterocycles. The summed E-state index contributed by atoms with van der Waals surface area (Å²) < 4.78 is 0. The molecule has 0 atom stereocenters. The maximum absolute atomic E-state index is 12.4. The van der Waals surface area contributed by atoms with Crippen LogP contribution in [0.15, 0.2) is 24.3 Å². The van der Waals surface area contributed by atoms with Gasteiger partial charge in [0, 0.05) is 24.6 Å². The molecule has 1 fully saturated rings. The number of rotatable bonds is 2. The number of piperidine rings is 1. The molecule has 1 aliphatic heterocycles. The summed E-state index contributed by atoms with van der Waals surface area (Å²) >= 11 is 5.01. The van der Waals surface area contributed by atoms with Crippen LogP contribution in [0.2, 0.25) is 0 Å². The molecule has 96 valence electrons. The summed E-state index contributed by atoms with van der Waals surface area (Å²) in [5, 5.41) is 0. The monoisotopic (exact) mass is 262 g/mol. The third-order valence-corrected chi connectivity index (χ3v) is 3.89. The van der Waals surface area contributed by atoms with Crippen molar-refractivity contribution < 1.29 is 4.79 Å². The number of amides is 1. The van der Waals surface area contributed by atoms with Gasteiger partial charge in [-0.15, -0.1) is 0 Å². The van der Waals surface area contributed by atoms with E-state index in [9.17, 15) is 4.79 Å². The number of likely N-dealkylation sites (tertiary alicyclic amines) is 1. The predicted molar refractivity (Wildman–Crippen MR) is 76.6 cm³/mol. The molecule has 0 bridgehead atoms. The molecule has 1 aromatic rings. The molecule has 0 spiro atoms. The van der Waals surface area contributed by atoms with Gasteiger partial charge >= 0.3 is 0 Å². The van der Waals surface area contributed by atoms with E-state index in [1.165, 1.54) is 0 Å². The van der Waals surface area contributed by atoms with Crippen LogP contribution in [-0.4, -0.2) is 28.9 Å². The van der Waals surface area contributed by atoms with E-state index in [0.717, 1.165) is 37.1 Å². The molecule has 2 rings (SSSR count). The molecule has 1 amide bonds. The van der Waals surface area contributed by atoms with Crippen LogP contribution in [0.5, 0.6) is 0 Å². The lowest BCUT2D eigenvalue weighted by atomic mass is 9.96. The third-order valence-electron chi connectivity index (χ3n) is 3.56. The van der Waals surface area contributed by atoms with Gasteiger partial charge in [0.2, 0.25) is 0 Å². The van der Waals surface area contributed by atoms with Gasteiger partial charge in [-0.05, 0) is 31.4 Å². The molecule has 0 saturated carbocycles. The number of hydrogen-bond acceptors (Lipinski definition) is 2. The average Bonchev–Trinajstić information content (AvgIpc) is 2.38. The number of benzene rings is 1. The topological polar surface area (TPSA) is 46.3 Å². The van der Waals surface area contributed by atoms with Crippen molar-refractivity contribution in [2.45, 2.75) is 19.8 Å². The maximum Gasteiger partial charge on any atom is 0.254 e. The second-order valence-electron chi connectivity index (χ2n) is 4.78. The minimum atomic E-state index is 0.120. The molecule has 18 heavy (non-hydrogen) atoms. The largest absolute Gasteiger partial charge is 0.393 e. The zero-order chi connectivity index (χ0) is 13.1. The summed E-state index contributed by atoms with van der Waals surface area (Å²) in [5.41, 5.74) is 7.48. The highest BCUT2D eigenvalue weighted by molar-refractivity contribution is 7.80. The van der Waals surface area contributed by atoms with Crippen molar-refractivity contribution in [1.29, 1.82) is 0 Å². The van der Waals surface area contributed by atoms with E-state index in [1.807, 2.05) is 36.1 Å². The van der Waals surface area contributed by atoms with Crippen molar-refractivity contribution in [3.63, 3.8) is 0 Å². The minimum absolute atomic E-state index is 0.120. The average molecular weight is 262 g/mol. The van der Waals surface area contributed by atoms with Gasteiger partial charge in [0.1, 0.15) is 0 Å². The molecule has 0 aliphatic carbocycles. The summed E-state index contributed by atoms with van der Waals surface area (Å²) in [5.74, 6) is 0.412. The number of thiocarbonyl (C=S) groups is 1. The van der Waals surface area contributed by atoms with Crippen LogP contribution in [0.3, 0.4) is 0 Å². The molecule has 1 saturated heterocycles. The predicted octanol–water partition coefficient (Wildman–Crippen LogP) is 2.13. The normalized spacial score (nSPS) is 16.6. The second-order valence-corrected chi connectivity index (χ2v) is 5.26. The van der Waals surface area contributed by atoms with Gasteiger partial charge in [0.15, 0.2) is 0 Å². The van der Waals surface area contributed by atoms with Crippen LogP contribution in [0.4, 0.5) is 0 Å². The lowest BCUT2D eigenvalue weighted by Crippen LogP contribution is -2.41. The van der Waals surface area contributed by atoms with Gasteiger partial charge < -0.3 is 10.6 Å². The first-order chi connectivity index (χ1) is 8.59. The Bertz CT molecular complexity index is 465. The summed E-state index contributed by atoms with van der Waals surface area (Å²) in [7, 11) is 0. The second kappa shape index (κ2) is 5.48. The highest BCUT2D eigenvalue weighted by Gasteiger charge is 2.25. The molecular weight excluding hydrogens is 244 g/mol. The van der Waals surface area contributed by atoms with Crippen molar-refractivity contribution in [2.24, 2.45) is 11.7 Å². The molecule has 1 aromatic carbocycles. The van der Waals surface area contributed by atoms with E-state index in [1.54, 1.807) is 0 Å².